The number of hydroxylamine groups is 2. The van der Waals surface area contributed by atoms with Crippen LogP contribution in [0.25, 0.3) is 0 Å². The number of amides is 2. The molecule has 0 saturated heterocycles. The summed E-state index contributed by atoms with van der Waals surface area (Å²) in [5.74, 6) is 0.721. The second-order valence-corrected chi connectivity index (χ2v) is 4.70. The number of nitrogens with zero attached hydrogens (tertiary/aromatic N) is 1. The maximum Gasteiger partial charge on any atom is 0.339 e. The number of hydrogen-bond donors (Lipinski definition) is 3. The lowest BCUT2D eigenvalue weighted by atomic mass is 10.1. The molecule has 0 saturated carbocycles. The summed E-state index contributed by atoms with van der Waals surface area (Å²) in [6.45, 7) is 2.17. The molecule has 6 heteroatoms. The highest BCUT2D eigenvalue weighted by atomic mass is 16.5. The molecule has 0 fully saturated rings. The van der Waals surface area contributed by atoms with Crippen molar-refractivity contribution >= 4 is 6.03 Å². The van der Waals surface area contributed by atoms with Crippen LogP contribution >= 0.6 is 0 Å². The van der Waals surface area contributed by atoms with Gasteiger partial charge >= 0.3 is 6.03 Å². The van der Waals surface area contributed by atoms with Gasteiger partial charge in [-0.2, -0.15) is 5.06 Å². The molecule has 2 aromatic carbocycles. The molecule has 6 nitrogen and oxygen atoms in total. The molecule has 2 amide bonds. The predicted molar refractivity (Wildman–Crippen MR) is 84.8 cm³/mol. The minimum absolute atomic E-state index is 0. The SMILES string of the molecule is CC(c1ccc(OCc2ccccc2)cc1)N(O)C(N)=O.[NH4+]. The fourth-order valence-electron chi connectivity index (χ4n) is 1.92. The van der Waals surface area contributed by atoms with Crippen molar-refractivity contribution in [2.24, 2.45) is 5.73 Å². The molecule has 0 radical (unpaired) electrons. The number of ether oxygens (including phenoxy) is 1. The van der Waals surface area contributed by atoms with E-state index >= 15 is 0 Å². The molecular formula is C16H22N3O3+. The third-order valence-electron chi connectivity index (χ3n) is 3.20. The summed E-state index contributed by atoms with van der Waals surface area (Å²) < 4.78 is 5.67. The highest BCUT2D eigenvalue weighted by Crippen LogP contribution is 2.21. The summed E-state index contributed by atoms with van der Waals surface area (Å²) in [7, 11) is 0. The van der Waals surface area contributed by atoms with Crippen LogP contribution in [0.1, 0.15) is 24.1 Å². The van der Waals surface area contributed by atoms with Crippen molar-refractivity contribution in [3.63, 3.8) is 0 Å². The molecule has 2 aromatic rings. The van der Waals surface area contributed by atoms with Gasteiger partial charge in [-0.25, -0.2) is 4.79 Å². The Morgan fingerprint density at radius 2 is 1.77 bits per heavy atom. The van der Waals surface area contributed by atoms with Crippen LogP contribution in [0.5, 0.6) is 5.75 Å². The number of nitrogens with two attached hydrogens (primary N) is 1. The van der Waals surface area contributed by atoms with Gasteiger partial charge < -0.3 is 16.6 Å². The van der Waals surface area contributed by atoms with Crippen LogP contribution in [-0.4, -0.2) is 16.3 Å². The molecule has 22 heavy (non-hydrogen) atoms. The monoisotopic (exact) mass is 304 g/mol. The molecule has 1 atom stereocenters. The number of benzene rings is 2. The lowest BCUT2D eigenvalue weighted by Gasteiger charge is -2.20. The Bertz CT molecular complexity index is 587. The Hall–Kier alpha value is -2.57. The van der Waals surface area contributed by atoms with Crippen molar-refractivity contribution in [1.29, 1.82) is 0 Å². The van der Waals surface area contributed by atoms with E-state index in [4.69, 9.17) is 10.5 Å². The predicted octanol–water partition coefficient (Wildman–Crippen LogP) is 3.47. The molecule has 1 unspecified atom stereocenters. The minimum Gasteiger partial charge on any atom is -0.489 e. The lowest BCUT2D eigenvalue weighted by Crippen LogP contribution is -2.34. The van der Waals surface area contributed by atoms with E-state index in [0.29, 0.717) is 11.7 Å². The summed E-state index contributed by atoms with van der Waals surface area (Å²) in [5.41, 5.74) is 6.88. The van der Waals surface area contributed by atoms with E-state index in [2.05, 4.69) is 0 Å². The van der Waals surface area contributed by atoms with Gasteiger partial charge in [0, 0.05) is 0 Å². The smallest absolute Gasteiger partial charge is 0.339 e. The van der Waals surface area contributed by atoms with Crippen molar-refractivity contribution in [2.45, 2.75) is 19.6 Å². The van der Waals surface area contributed by atoms with Crippen LogP contribution in [0.15, 0.2) is 54.6 Å². The molecule has 2 rings (SSSR count). The Morgan fingerprint density at radius 3 is 2.32 bits per heavy atom. The molecular weight excluding hydrogens is 282 g/mol. The fraction of sp³-hybridized carbons (Fsp3) is 0.188. The summed E-state index contributed by atoms with van der Waals surface area (Å²) >= 11 is 0. The molecule has 0 aromatic heterocycles. The molecule has 0 heterocycles. The van der Waals surface area contributed by atoms with Crippen molar-refractivity contribution < 1.29 is 14.7 Å². The molecule has 0 aliphatic heterocycles. The van der Waals surface area contributed by atoms with Gasteiger partial charge in [0.1, 0.15) is 12.4 Å². The average molecular weight is 304 g/mol. The normalized spacial score (nSPS) is 11.2. The topological polar surface area (TPSA) is 112 Å². The zero-order chi connectivity index (χ0) is 15.2. The zero-order valence-corrected chi connectivity index (χ0v) is 12.8. The number of primary amides is 1. The quantitative estimate of drug-likeness (QED) is 0.580. The van der Waals surface area contributed by atoms with E-state index in [1.165, 1.54) is 0 Å². The average Bonchev–Trinajstić information content (AvgIpc) is 2.53. The van der Waals surface area contributed by atoms with Crippen LogP contribution < -0.4 is 16.6 Å². The maximum absolute atomic E-state index is 10.9. The van der Waals surface area contributed by atoms with Crippen molar-refractivity contribution in [3.05, 3.63) is 65.7 Å². The standard InChI is InChI=1S/C16H18N2O3.H3N/c1-12(18(20)16(17)19)14-7-9-15(10-8-14)21-11-13-5-3-2-4-6-13;/h2-10,12,20H,11H2,1H3,(H2,17,19);1H3/p+1. The number of carbonyl (C=O) groups excluding carboxylic acids is 1. The maximum atomic E-state index is 10.9. The lowest BCUT2D eigenvalue weighted by molar-refractivity contribution is -0.0710. The Labute approximate surface area is 129 Å². The van der Waals surface area contributed by atoms with Crippen LogP contribution in [0.4, 0.5) is 4.79 Å². The third-order valence-corrected chi connectivity index (χ3v) is 3.20. The first kappa shape index (κ1) is 17.5. The highest BCUT2D eigenvalue weighted by Gasteiger charge is 2.16. The Balaban J connectivity index is 0.00000242. The Kier molecular flexibility index (Phi) is 6.37. The van der Waals surface area contributed by atoms with Gasteiger partial charge in [-0.15, -0.1) is 0 Å². The first-order valence-corrected chi connectivity index (χ1v) is 6.62. The first-order valence-electron chi connectivity index (χ1n) is 6.62. The van der Waals surface area contributed by atoms with Crippen LogP contribution in [0.3, 0.4) is 0 Å². The van der Waals surface area contributed by atoms with Crippen LogP contribution in [0.2, 0.25) is 0 Å². The van der Waals surface area contributed by atoms with Crippen LogP contribution in [-0.2, 0) is 6.61 Å². The van der Waals surface area contributed by atoms with E-state index in [1.54, 1.807) is 31.2 Å². The van der Waals surface area contributed by atoms with Gasteiger partial charge in [0.05, 0.1) is 6.04 Å². The molecule has 0 aliphatic rings. The molecule has 7 N–H and O–H groups in total. The summed E-state index contributed by atoms with van der Waals surface area (Å²) in [5, 5.41) is 10.00. The second kappa shape index (κ2) is 8.02. The minimum atomic E-state index is -0.882. The number of rotatable bonds is 5. The van der Waals surface area contributed by atoms with Gasteiger partial charge in [-0.1, -0.05) is 42.5 Å². The van der Waals surface area contributed by atoms with E-state index < -0.39 is 12.1 Å². The highest BCUT2D eigenvalue weighted by molar-refractivity contribution is 5.71. The van der Waals surface area contributed by atoms with Crippen molar-refractivity contribution in [3.8, 4) is 5.75 Å². The second-order valence-electron chi connectivity index (χ2n) is 4.70. The summed E-state index contributed by atoms with van der Waals surface area (Å²) in [6, 6.07) is 15.6. The van der Waals surface area contributed by atoms with Gasteiger partial charge in [-0.3, -0.25) is 5.21 Å². The fourth-order valence-corrected chi connectivity index (χ4v) is 1.92. The van der Waals surface area contributed by atoms with Gasteiger partial charge in [0.25, 0.3) is 0 Å². The Morgan fingerprint density at radius 1 is 1.18 bits per heavy atom. The zero-order valence-electron chi connectivity index (χ0n) is 12.8. The van der Waals surface area contributed by atoms with Crippen LogP contribution in [0, 0.1) is 0 Å². The third kappa shape index (κ3) is 4.47. The number of carbonyl (C=O) groups is 1. The molecule has 0 aliphatic carbocycles. The molecule has 0 spiro atoms. The van der Waals surface area contributed by atoms with Gasteiger partial charge in [0.2, 0.25) is 0 Å². The first-order chi connectivity index (χ1) is 10.1. The van der Waals surface area contributed by atoms with Gasteiger partial charge in [-0.05, 0) is 30.2 Å². The van der Waals surface area contributed by atoms with E-state index in [1.807, 2.05) is 30.3 Å². The summed E-state index contributed by atoms with van der Waals surface area (Å²) in [6.07, 6.45) is 0. The van der Waals surface area contributed by atoms with E-state index in [-0.39, 0.29) is 6.15 Å². The largest absolute Gasteiger partial charge is 0.489 e. The van der Waals surface area contributed by atoms with Gasteiger partial charge in [0.15, 0.2) is 0 Å². The molecule has 118 valence electrons. The van der Waals surface area contributed by atoms with E-state index in [9.17, 15) is 10.0 Å². The van der Waals surface area contributed by atoms with Crippen molar-refractivity contribution in [2.75, 3.05) is 0 Å². The molecule has 0 bridgehead atoms. The van der Waals surface area contributed by atoms with Crippen molar-refractivity contribution in [1.82, 2.24) is 11.2 Å². The summed E-state index contributed by atoms with van der Waals surface area (Å²) in [4.78, 5) is 10.9. The van der Waals surface area contributed by atoms with E-state index in [0.717, 1.165) is 16.9 Å². The number of urea groups is 1. The number of hydrogen-bond acceptors (Lipinski definition) is 3. The number of quaternary nitrogens is 1.